The SMILES string of the molecule is CCN1CCN(C(=O)CSc2nc(Cl)cc(N3CCN(C)CC3)n2)CC1. The highest BCUT2D eigenvalue weighted by molar-refractivity contribution is 7.99. The van der Waals surface area contributed by atoms with Gasteiger partial charge in [0.05, 0.1) is 5.75 Å². The third-order valence-corrected chi connectivity index (χ3v) is 6.01. The molecule has 2 aliphatic heterocycles. The molecule has 0 atom stereocenters. The van der Waals surface area contributed by atoms with Gasteiger partial charge in [0.25, 0.3) is 0 Å². The zero-order valence-electron chi connectivity index (χ0n) is 15.5. The molecule has 1 aromatic heterocycles. The number of anilines is 1. The molecule has 1 aromatic rings. The zero-order valence-corrected chi connectivity index (χ0v) is 17.1. The second kappa shape index (κ2) is 9.21. The van der Waals surface area contributed by atoms with Crippen molar-refractivity contribution >= 4 is 35.1 Å². The fraction of sp³-hybridized carbons (Fsp3) is 0.706. The number of aromatic nitrogens is 2. The van der Waals surface area contributed by atoms with Gasteiger partial charge < -0.3 is 19.6 Å². The van der Waals surface area contributed by atoms with E-state index in [4.69, 9.17) is 11.6 Å². The number of thioether (sulfide) groups is 1. The van der Waals surface area contributed by atoms with E-state index in [-0.39, 0.29) is 5.91 Å². The molecule has 0 aromatic carbocycles. The van der Waals surface area contributed by atoms with E-state index >= 15 is 0 Å². The number of likely N-dealkylation sites (N-methyl/N-ethyl adjacent to an activating group) is 2. The maximum Gasteiger partial charge on any atom is 0.233 e. The number of nitrogens with zero attached hydrogens (tertiary/aromatic N) is 6. The van der Waals surface area contributed by atoms with Gasteiger partial charge in [0.15, 0.2) is 5.16 Å². The summed E-state index contributed by atoms with van der Waals surface area (Å²) in [5.41, 5.74) is 0. The zero-order chi connectivity index (χ0) is 18.5. The van der Waals surface area contributed by atoms with Crippen LogP contribution in [0, 0.1) is 0 Å². The topological polar surface area (TPSA) is 55.8 Å². The molecule has 0 spiro atoms. The summed E-state index contributed by atoms with van der Waals surface area (Å²) in [5, 5.41) is 1.01. The predicted molar refractivity (Wildman–Crippen MR) is 106 cm³/mol. The number of hydrogen-bond acceptors (Lipinski definition) is 7. The molecule has 2 saturated heterocycles. The van der Waals surface area contributed by atoms with E-state index < -0.39 is 0 Å². The Hall–Kier alpha value is -1.09. The Balaban J connectivity index is 1.55. The standard InChI is InChI=1S/C17H27ClN6OS/c1-3-22-6-10-24(11-7-22)16(25)13-26-17-19-14(18)12-15(20-17)23-8-4-21(2)5-9-23/h12H,3-11,13H2,1-2H3. The summed E-state index contributed by atoms with van der Waals surface area (Å²) in [5.74, 6) is 1.36. The fourth-order valence-corrected chi connectivity index (χ4v) is 4.16. The highest BCUT2D eigenvalue weighted by Gasteiger charge is 2.21. The Morgan fingerprint density at radius 3 is 2.46 bits per heavy atom. The van der Waals surface area contributed by atoms with Crippen molar-refractivity contribution in [1.82, 2.24) is 24.7 Å². The Morgan fingerprint density at radius 1 is 1.12 bits per heavy atom. The van der Waals surface area contributed by atoms with E-state index in [1.54, 1.807) is 0 Å². The molecule has 3 rings (SSSR count). The number of piperazine rings is 2. The van der Waals surface area contributed by atoms with Gasteiger partial charge in [-0.2, -0.15) is 0 Å². The molecule has 0 radical (unpaired) electrons. The van der Waals surface area contributed by atoms with Gasteiger partial charge in [0, 0.05) is 58.4 Å². The number of halogens is 1. The quantitative estimate of drug-likeness (QED) is 0.418. The Bertz CT molecular complexity index is 617. The molecule has 1 amide bonds. The third kappa shape index (κ3) is 5.22. The molecular formula is C17H27ClN6OS. The van der Waals surface area contributed by atoms with Crippen LogP contribution in [0.3, 0.4) is 0 Å². The van der Waals surface area contributed by atoms with Gasteiger partial charge in [0.1, 0.15) is 11.0 Å². The molecule has 0 N–H and O–H groups in total. The first-order valence-electron chi connectivity index (χ1n) is 9.16. The number of hydrogen-bond donors (Lipinski definition) is 0. The fourth-order valence-electron chi connectivity index (χ4n) is 3.18. The van der Waals surface area contributed by atoms with Gasteiger partial charge in [-0.05, 0) is 13.6 Å². The molecule has 2 fully saturated rings. The van der Waals surface area contributed by atoms with E-state index in [0.29, 0.717) is 16.1 Å². The molecule has 144 valence electrons. The van der Waals surface area contributed by atoms with Crippen molar-refractivity contribution in [2.24, 2.45) is 0 Å². The van der Waals surface area contributed by atoms with E-state index in [9.17, 15) is 4.79 Å². The van der Waals surface area contributed by atoms with Crippen LogP contribution in [0.15, 0.2) is 11.2 Å². The molecule has 9 heteroatoms. The van der Waals surface area contributed by atoms with Crippen LogP contribution < -0.4 is 4.90 Å². The highest BCUT2D eigenvalue weighted by Crippen LogP contribution is 2.23. The second-order valence-corrected chi connectivity index (χ2v) is 8.06. The van der Waals surface area contributed by atoms with Crippen molar-refractivity contribution < 1.29 is 4.79 Å². The maximum atomic E-state index is 12.5. The Morgan fingerprint density at radius 2 is 1.81 bits per heavy atom. The van der Waals surface area contributed by atoms with Crippen LogP contribution in [-0.2, 0) is 4.79 Å². The van der Waals surface area contributed by atoms with Crippen molar-refractivity contribution in [3.8, 4) is 0 Å². The maximum absolute atomic E-state index is 12.5. The molecule has 26 heavy (non-hydrogen) atoms. The van der Waals surface area contributed by atoms with Gasteiger partial charge in [-0.3, -0.25) is 4.79 Å². The molecule has 3 heterocycles. The lowest BCUT2D eigenvalue weighted by molar-refractivity contribution is -0.130. The lowest BCUT2D eigenvalue weighted by Gasteiger charge is -2.34. The minimum absolute atomic E-state index is 0.149. The van der Waals surface area contributed by atoms with Crippen molar-refractivity contribution in [3.63, 3.8) is 0 Å². The summed E-state index contributed by atoms with van der Waals surface area (Å²) in [7, 11) is 2.12. The van der Waals surface area contributed by atoms with E-state index in [1.165, 1.54) is 11.8 Å². The highest BCUT2D eigenvalue weighted by atomic mass is 35.5. The Kier molecular flexibility index (Phi) is 6.97. The summed E-state index contributed by atoms with van der Waals surface area (Å²) in [6, 6.07) is 1.81. The minimum Gasteiger partial charge on any atom is -0.354 e. The first-order chi connectivity index (χ1) is 12.5. The molecule has 0 aliphatic carbocycles. The number of rotatable bonds is 5. The summed E-state index contributed by atoms with van der Waals surface area (Å²) < 4.78 is 0. The number of amides is 1. The monoisotopic (exact) mass is 398 g/mol. The first kappa shape index (κ1) is 19.7. The average Bonchev–Trinajstić information content (AvgIpc) is 2.66. The third-order valence-electron chi connectivity index (χ3n) is 4.99. The van der Waals surface area contributed by atoms with Crippen LogP contribution >= 0.6 is 23.4 Å². The lowest BCUT2D eigenvalue weighted by Crippen LogP contribution is -2.49. The lowest BCUT2D eigenvalue weighted by atomic mass is 10.3. The number of carbonyl (C=O) groups is 1. The second-order valence-electron chi connectivity index (χ2n) is 6.73. The first-order valence-corrected chi connectivity index (χ1v) is 10.5. The van der Waals surface area contributed by atoms with E-state index in [0.717, 1.165) is 64.7 Å². The van der Waals surface area contributed by atoms with Gasteiger partial charge in [-0.15, -0.1) is 0 Å². The smallest absolute Gasteiger partial charge is 0.233 e. The van der Waals surface area contributed by atoms with Crippen molar-refractivity contribution in [2.45, 2.75) is 12.1 Å². The molecule has 0 bridgehead atoms. The normalized spacial score (nSPS) is 19.8. The molecular weight excluding hydrogens is 372 g/mol. The van der Waals surface area contributed by atoms with Gasteiger partial charge in [-0.25, -0.2) is 9.97 Å². The van der Waals surface area contributed by atoms with Crippen LogP contribution in [0.25, 0.3) is 0 Å². The van der Waals surface area contributed by atoms with Crippen LogP contribution in [0.5, 0.6) is 0 Å². The van der Waals surface area contributed by atoms with Gasteiger partial charge >= 0.3 is 0 Å². The van der Waals surface area contributed by atoms with E-state index in [2.05, 4.69) is 38.6 Å². The largest absolute Gasteiger partial charge is 0.354 e. The summed E-state index contributed by atoms with van der Waals surface area (Å²) >= 11 is 7.56. The summed E-state index contributed by atoms with van der Waals surface area (Å²) in [6.07, 6.45) is 0. The minimum atomic E-state index is 0.149. The molecule has 0 unspecified atom stereocenters. The van der Waals surface area contributed by atoms with Crippen molar-refractivity contribution in [1.29, 1.82) is 0 Å². The molecule has 0 saturated carbocycles. The average molecular weight is 399 g/mol. The summed E-state index contributed by atoms with van der Waals surface area (Å²) in [6.45, 7) is 10.6. The van der Waals surface area contributed by atoms with Crippen LogP contribution in [0.2, 0.25) is 5.15 Å². The van der Waals surface area contributed by atoms with Gasteiger partial charge in [-0.1, -0.05) is 30.3 Å². The Labute approximate surface area is 164 Å². The molecule has 7 nitrogen and oxygen atoms in total. The van der Waals surface area contributed by atoms with Crippen molar-refractivity contribution in [2.75, 3.05) is 76.6 Å². The van der Waals surface area contributed by atoms with Gasteiger partial charge in [0.2, 0.25) is 5.91 Å². The molecule has 2 aliphatic rings. The van der Waals surface area contributed by atoms with Crippen molar-refractivity contribution in [3.05, 3.63) is 11.2 Å². The van der Waals surface area contributed by atoms with Crippen LogP contribution in [0.4, 0.5) is 5.82 Å². The van der Waals surface area contributed by atoms with E-state index in [1.807, 2.05) is 11.0 Å². The van der Waals surface area contributed by atoms with Crippen LogP contribution in [0.1, 0.15) is 6.92 Å². The summed E-state index contributed by atoms with van der Waals surface area (Å²) in [4.78, 5) is 30.2. The van der Waals surface area contributed by atoms with Crippen LogP contribution in [-0.4, -0.2) is 102 Å². The predicted octanol–water partition coefficient (Wildman–Crippen LogP) is 1.14. The number of carbonyl (C=O) groups excluding carboxylic acids is 1.